The van der Waals surface area contributed by atoms with Crippen LogP contribution in [0.1, 0.15) is 11.1 Å². The predicted octanol–water partition coefficient (Wildman–Crippen LogP) is 3.62. The molecule has 0 bridgehead atoms. The van der Waals surface area contributed by atoms with Gasteiger partial charge < -0.3 is 0 Å². The van der Waals surface area contributed by atoms with Crippen LogP contribution >= 0.6 is 0 Å². The molecule has 0 radical (unpaired) electrons. The maximum atomic E-state index is 13.0. The largest absolute Gasteiger partial charge is 0.343 e. The minimum absolute atomic E-state index is 0.116. The molecule has 5 nitrogen and oxygen atoms in total. The van der Waals surface area contributed by atoms with Gasteiger partial charge in [-0.25, -0.2) is 13.2 Å². The van der Waals surface area contributed by atoms with Crippen LogP contribution in [0.15, 0.2) is 60.0 Å². The summed E-state index contributed by atoms with van der Waals surface area (Å²) in [6, 6.07) is 11.2. The second kappa shape index (κ2) is 5.79. The summed E-state index contributed by atoms with van der Waals surface area (Å²) < 4.78 is 27.0. The van der Waals surface area contributed by atoms with Crippen molar-refractivity contribution in [3.63, 3.8) is 0 Å². The summed E-state index contributed by atoms with van der Waals surface area (Å²) in [5.74, 6) is 0. The number of hydrogen-bond acceptors (Lipinski definition) is 3. The second-order valence-electron chi connectivity index (χ2n) is 5.76. The first-order valence-electron chi connectivity index (χ1n) is 7.51. The Bertz CT molecular complexity index is 915. The van der Waals surface area contributed by atoms with E-state index in [0.29, 0.717) is 11.4 Å². The summed E-state index contributed by atoms with van der Waals surface area (Å²) >= 11 is 0. The van der Waals surface area contributed by atoms with E-state index in [9.17, 15) is 13.2 Å². The molecule has 124 valence electrons. The molecule has 0 aliphatic carbocycles. The number of para-hydroxylation sites is 1. The minimum Gasteiger partial charge on any atom is -0.288 e. The predicted molar refractivity (Wildman–Crippen MR) is 95.0 cm³/mol. The Morgan fingerprint density at radius 2 is 1.71 bits per heavy atom. The lowest BCUT2D eigenvalue weighted by Crippen LogP contribution is -2.51. The first-order chi connectivity index (χ1) is 11.4. The fourth-order valence-electron chi connectivity index (χ4n) is 2.93. The molecule has 6 heteroatoms. The molecule has 0 saturated carbocycles. The average molecular weight is 342 g/mol. The number of urea groups is 1. The van der Waals surface area contributed by atoms with E-state index in [4.69, 9.17) is 0 Å². The van der Waals surface area contributed by atoms with Crippen molar-refractivity contribution < 1.29 is 13.2 Å². The minimum atomic E-state index is -3.96. The molecule has 0 atom stereocenters. The molecule has 0 saturated heterocycles. The first-order valence-corrected chi connectivity index (χ1v) is 8.95. The van der Waals surface area contributed by atoms with Crippen LogP contribution < -0.4 is 9.21 Å². The molecule has 2 aromatic rings. The number of aryl methyl sites for hydroxylation is 2. The molecule has 1 heterocycles. The number of carbonyl (C=O) groups is 1. The number of nitrogens with zero attached hydrogens (tertiary/aromatic N) is 2. The number of carbonyl (C=O) groups excluding carboxylic acids is 1. The third-order valence-electron chi connectivity index (χ3n) is 3.83. The van der Waals surface area contributed by atoms with E-state index in [-0.39, 0.29) is 11.4 Å². The van der Waals surface area contributed by atoms with Crippen molar-refractivity contribution in [2.45, 2.75) is 18.7 Å². The van der Waals surface area contributed by atoms with Crippen molar-refractivity contribution in [2.75, 3.05) is 15.7 Å². The molecule has 2 aromatic carbocycles. The summed E-state index contributed by atoms with van der Waals surface area (Å²) in [5, 5.41) is 0. The number of sulfonamides is 1. The second-order valence-corrected chi connectivity index (χ2v) is 7.52. The molecule has 0 unspecified atom stereocenters. The zero-order valence-electron chi connectivity index (χ0n) is 13.6. The fraction of sp³-hybridized carbons (Fsp3) is 0.167. The molecule has 1 aliphatic rings. The average Bonchev–Trinajstić information content (AvgIpc) is 2.50. The zero-order valence-corrected chi connectivity index (χ0v) is 14.4. The van der Waals surface area contributed by atoms with Crippen molar-refractivity contribution in [3.8, 4) is 0 Å². The van der Waals surface area contributed by atoms with E-state index >= 15 is 0 Å². The molecular formula is C18H18N2O3S. The first kappa shape index (κ1) is 16.3. The summed E-state index contributed by atoms with van der Waals surface area (Å²) in [6.07, 6.45) is 1.58. The van der Waals surface area contributed by atoms with E-state index in [1.54, 1.807) is 36.4 Å². The lowest BCUT2D eigenvalue weighted by molar-refractivity contribution is 0.254. The van der Waals surface area contributed by atoms with Gasteiger partial charge in [-0.05, 0) is 49.2 Å². The number of fused-ring (bicyclic) bond motifs is 1. The summed E-state index contributed by atoms with van der Waals surface area (Å²) in [6.45, 7) is 7.63. The van der Waals surface area contributed by atoms with Gasteiger partial charge >= 0.3 is 6.03 Å². The Morgan fingerprint density at radius 1 is 1.08 bits per heavy atom. The quantitative estimate of drug-likeness (QED) is 0.801. The lowest BCUT2D eigenvalue weighted by Gasteiger charge is -2.35. The molecule has 2 amide bonds. The maximum Gasteiger partial charge on any atom is 0.343 e. The summed E-state index contributed by atoms with van der Waals surface area (Å²) in [7, 11) is -3.96. The van der Waals surface area contributed by atoms with E-state index in [2.05, 4.69) is 6.58 Å². The smallest absolute Gasteiger partial charge is 0.288 e. The van der Waals surface area contributed by atoms with Gasteiger partial charge in [-0.3, -0.25) is 4.90 Å². The highest BCUT2D eigenvalue weighted by Crippen LogP contribution is 2.37. The van der Waals surface area contributed by atoms with Crippen molar-refractivity contribution >= 4 is 27.4 Å². The highest BCUT2D eigenvalue weighted by Gasteiger charge is 2.42. The lowest BCUT2D eigenvalue weighted by atomic mass is 10.1. The van der Waals surface area contributed by atoms with Crippen LogP contribution in [0.4, 0.5) is 16.2 Å². The van der Waals surface area contributed by atoms with Crippen molar-refractivity contribution in [2.24, 2.45) is 0 Å². The molecule has 0 N–H and O–H groups in total. The highest BCUT2D eigenvalue weighted by atomic mass is 32.2. The Kier molecular flexibility index (Phi) is 3.93. The van der Waals surface area contributed by atoms with Crippen LogP contribution in [0, 0.1) is 13.8 Å². The number of rotatable bonds is 3. The molecule has 3 rings (SSSR count). The highest BCUT2D eigenvalue weighted by molar-refractivity contribution is 7.94. The number of hydrogen-bond donors (Lipinski definition) is 0. The molecule has 0 fully saturated rings. The van der Waals surface area contributed by atoms with Gasteiger partial charge in [0, 0.05) is 6.54 Å². The zero-order chi connectivity index (χ0) is 17.5. The van der Waals surface area contributed by atoms with Crippen molar-refractivity contribution in [1.29, 1.82) is 0 Å². The van der Waals surface area contributed by atoms with Crippen LogP contribution in [-0.4, -0.2) is 21.0 Å². The molecule has 0 spiro atoms. The number of anilines is 2. The van der Waals surface area contributed by atoms with Gasteiger partial charge in [0.15, 0.2) is 0 Å². The van der Waals surface area contributed by atoms with Gasteiger partial charge in [-0.1, -0.05) is 24.3 Å². The summed E-state index contributed by atoms with van der Waals surface area (Å²) in [5.41, 5.74) is 2.51. The normalized spacial score (nSPS) is 16.0. The SMILES string of the molecule is C=CCN1C(=O)N(c2cc(C)cc(C)c2)S(=O)(=O)c2ccccc21. The van der Waals surface area contributed by atoms with Gasteiger partial charge in [0.1, 0.15) is 4.90 Å². The van der Waals surface area contributed by atoms with Gasteiger partial charge in [0.2, 0.25) is 0 Å². The van der Waals surface area contributed by atoms with Crippen molar-refractivity contribution in [3.05, 3.63) is 66.2 Å². The monoisotopic (exact) mass is 342 g/mol. The maximum absolute atomic E-state index is 13.0. The van der Waals surface area contributed by atoms with Crippen LogP contribution in [0.5, 0.6) is 0 Å². The summed E-state index contributed by atoms with van der Waals surface area (Å²) in [4.78, 5) is 14.5. The van der Waals surface area contributed by atoms with E-state index in [0.717, 1.165) is 15.4 Å². The Balaban J connectivity index is 2.27. The third-order valence-corrected chi connectivity index (χ3v) is 5.58. The topological polar surface area (TPSA) is 57.7 Å². The van der Waals surface area contributed by atoms with Gasteiger partial charge in [-0.2, -0.15) is 4.31 Å². The van der Waals surface area contributed by atoms with Gasteiger partial charge in [0.05, 0.1) is 11.4 Å². The standard InChI is InChI=1S/C18H18N2O3S/c1-4-9-19-16-7-5-6-8-17(16)24(22,23)20(18(19)21)15-11-13(2)10-14(3)12-15/h4-8,10-12H,1,9H2,2-3H3. The van der Waals surface area contributed by atoms with Crippen LogP contribution in [0.25, 0.3) is 0 Å². The van der Waals surface area contributed by atoms with Gasteiger partial charge in [0.25, 0.3) is 10.0 Å². The van der Waals surface area contributed by atoms with E-state index < -0.39 is 16.1 Å². The Hall–Kier alpha value is -2.60. The van der Waals surface area contributed by atoms with E-state index in [1.165, 1.54) is 11.0 Å². The van der Waals surface area contributed by atoms with E-state index in [1.807, 2.05) is 19.9 Å². The Morgan fingerprint density at radius 3 is 2.33 bits per heavy atom. The molecule has 24 heavy (non-hydrogen) atoms. The van der Waals surface area contributed by atoms with Crippen LogP contribution in [0.3, 0.4) is 0 Å². The van der Waals surface area contributed by atoms with Gasteiger partial charge in [-0.15, -0.1) is 6.58 Å². The van der Waals surface area contributed by atoms with Crippen LogP contribution in [-0.2, 0) is 10.0 Å². The third kappa shape index (κ3) is 2.49. The number of amides is 2. The van der Waals surface area contributed by atoms with Crippen LogP contribution in [0.2, 0.25) is 0 Å². The molecule has 1 aliphatic heterocycles. The number of benzene rings is 2. The Labute approximate surface area is 141 Å². The fourth-order valence-corrected chi connectivity index (χ4v) is 4.51. The molecule has 0 aromatic heterocycles. The molecular weight excluding hydrogens is 324 g/mol. The van der Waals surface area contributed by atoms with Crippen molar-refractivity contribution in [1.82, 2.24) is 0 Å².